The Bertz CT molecular complexity index is 188. The molecule has 14 heavy (non-hydrogen) atoms. The first-order chi connectivity index (χ1) is 6.66. The predicted octanol–water partition coefficient (Wildman–Crippen LogP) is 3.48. The summed E-state index contributed by atoms with van der Waals surface area (Å²) in [5, 5.41) is 0. The first-order valence-electron chi connectivity index (χ1n) is 6.28. The topological polar surface area (TPSA) is 9.23 Å². The highest BCUT2D eigenvalue weighted by Gasteiger charge is 2.39. The van der Waals surface area contributed by atoms with Gasteiger partial charge in [0.25, 0.3) is 0 Å². The zero-order chi connectivity index (χ0) is 10.1. The van der Waals surface area contributed by atoms with E-state index in [9.17, 15) is 0 Å². The molecular weight excluding hydrogens is 172 g/mol. The van der Waals surface area contributed by atoms with E-state index in [0.29, 0.717) is 12.0 Å². The minimum atomic E-state index is 0.439. The average Bonchev–Trinajstić information content (AvgIpc) is 2.74. The number of ether oxygens (including phenoxy) is 1. The molecule has 82 valence electrons. The molecule has 0 aromatic carbocycles. The fraction of sp³-hybridized carbons (Fsp3) is 1.00. The molecule has 2 aliphatic carbocycles. The van der Waals surface area contributed by atoms with Crippen molar-refractivity contribution in [1.82, 2.24) is 0 Å². The first-order valence-corrected chi connectivity index (χ1v) is 6.28. The zero-order valence-corrected chi connectivity index (χ0v) is 9.83. The van der Waals surface area contributed by atoms with Crippen LogP contribution in [0.25, 0.3) is 0 Å². The van der Waals surface area contributed by atoms with Crippen molar-refractivity contribution in [3.8, 4) is 0 Å². The second-order valence-electron chi connectivity index (χ2n) is 5.72. The Balaban J connectivity index is 1.71. The van der Waals surface area contributed by atoms with Crippen LogP contribution in [-0.4, -0.2) is 12.7 Å². The van der Waals surface area contributed by atoms with E-state index in [4.69, 9.17) is 4.74 Å². The van der Waals surface area contributed by atoms with Crippen molar-refractivity contribution < 1.29 is 4.74 Å². The summed E-state index contributed by atoms with van der Waals surface area (Å²) >= 11 is 0. The molecule has 0 radical (unpaired) electrons. The van der Waals surface area contributed by atoms with Crippen LogP contribution in [0, 0.1) is 23.7 Å². The largest absolute Gasteiger partial charge is 0.378 e. The maximum atomic E-state index is 5.94. The number of rotatable bonds is 4. The van der Waals surface area contributed by atoms with E-state index in [2.05, 4.69) is 20.8 Å². The van der Waals surface area contributed by atoms with Gasteiger partial charge in [0.2, 0.25) is 0 Å². The van der Waals surface area contributed by atoms with Crippen molar-refractivity contribution in [3.63, 3.8) is 0 Å². The normalized spacial score (nSPS) is 38.1. The molecule has 0 saturated heterocycles. The average molecular weight is 196 g/mol. The van der Waals surface area contributed by atoms with Crippen LogP contribution < -0.4 is 0 Å². The van der Waals surface area contributed by atoms with Crippen molar-refractivity contribution >= 4 is 0 Å². The molecule has 1 heteroatoms. The Morgan fingerprint density at radius 3 is 2.43 bits per heavy atom. The fourth-order valence-electron chi connectivity index (χ4n) is 3.05. The third kappa shape index (κ3) is 2.13. The highest BCUT2D eigenvalue weighted by molar-refractivity contribution is 4.89. The Labute approximate surface area is 88.2 Å². The van der Waals surface area contributed by atoms with Gasteiger partial charge in [-0.05, 0) is 49.9 Å². The van der Waals surface area contributed by atoms with Gasteiger partial charge in [-0.15, -0.1) is 0 Å². The van der Waals surface area contributed by atoms with Gasteiger partial charge >= 0.3 is 0 Å². The monoisotopic (exact) mass is 196 g/mol. The summed E-state index contributed by atoms with van der Waals surface area (Å²) in [6.07, 6.45) is 6.38. The van der Waals surface area contributed by atoms with E-state index in [-0.39, 0.29) is 0 Å². The highest BCUT2D eigenvalue weighted by Crippen LogP contribution is 2.48. The van der Waals surface area contributed by atoms with E-state index < -0.39 is 0 Å². The number of hydrogen-bond donors (Lipinski definition) is 0. The molecule has 0 aromatic rings. The van der Waals surface area contributed by atoms with Gasteiger partial charge in [-0.3, -0.25) is 0 Å². The van der Waals surface area contributed by atoms with E-state index in [1.54, 1.807) is 0 Å². The summed E-state index contributed by atoms with van der Waals surface area (Å²) in [5.41, 5.74) is 0. The summed E-state index contributed by atoms with van der Waals surface area (Å²) in [5.74, 6) is 3.63. The molecule has 4 atom stereocenters. The second-order valence-corrected chi connectivity index (χ2v) is 5.72. The lowest BCUT2D eigenvalue weighted by atomic mass is 9.89. The molecule has 0 amide bonds. The first kappa shape index (κ1) is 10.5. The molecule has 3 unspecified atom stereocenters. The molecular formula is C13H24O. The predicted molar refractivity (Wildman–Crippen MR) is 59.2 cm³/mol. The number of hydrogen-bond acceptors (Lipinski definition) is 1. The van der Waals surface area contributed by atoms with Gasteiger partial charge in [-0.25, -0.2) is 0 Å². The minimum Gasteiger partial charge on any atom is -0.378 e. The summed E-state index contributed by atoms with van der Waals surface area (Å²) in [6.45, 7) is 7.72. The third-order valence-corrected chi connectivity index (χ3v) is 4.40. The van der Waals surface area contributed by atoms with Gasteiger partial charge < -0.3 is 4.74 Å². The van der Waals surface area contributed by atoms with Crippen molar-refractivity contribution in [3.05, 3.63) is 0 Å². The fourth-order valence-corrected chi connectivity index (χ4v) is 3.05. The zero-order valence-electron chi connectivity index (χ0n) is 9.83. The van der Waals surface area contributed by atoms with Gasteiger partial charge in [0.15, 0.2) is 0 Å². The molecule has 2 rings (SSSR count). The van der Waals surface area contributed by atoms with Gasteiger partial charge in [-0.2, -0.15) is 0 Å². The second kappa shape index (κ2) is 4.22. The summed E-state index contributed by atoms with van der Waals surface area (Å²) in [6, 6.07) is 0. The molecule has 1 nitrogen and oxygen atoms in total. The highest BCUT2D eigenvalue weighted by atomic mass is 16.5. The van der Waals surface area contributed by atoms with Crippen LogP contribution in [0.3, 0.4) is 0 Å². The van der Waals surface area contributed by atoms with Crippen LogP contribution in [0.5, 0.6) is 0 Å². The lowest BCUT2D eigenvalue weighted by molar-refractivity contribution is 0.00269. The number of fused-ring (bicyclic) bond motifs is 2. The standard InChI is InChI=1S/C13H24O/c1-9(2)10(3)14-8-13-7-11-4-5-12(13)6-11/h9-13H,4-8H2,1-3H3/t10-,11?,12?,13?/m1/s1. The van der Waals surface area contributed by atoms with E-state index in [0.717, 1.165) is 24.4 Å². The lowest BCUT2D eigenvalue weighted by Crippen LogP contribution is -2.23. The van der Waals surface area contributed by atoms with Crippen LogP contribution >= 0.6 is 0 Å². The molecule has 0 spiro atoms. The molecule has 2 saturated carbocycles. The molecule has 0 heterocycles. The van der Waals surface area contributed by atoms with Crippen LogP contribution in [0.1, 0.15) is 46.5 Å². The van der Waals surface area contributed by atoms with Crippen LogP contribution in [0.2, 0.25) is 0 Å². The van der Waals surface area contributed by atoms with Crippen LogP contribution in [0.15, 0.2) is 0 Å². The summed E-state index contributed by atoms with van der Waals surface area (Å²) < 4.78 is 5.94. The summed E-state index contributed by atoms with van der Waals surface area (Å²) in [4.78, 5) is 0. The van der Waals surface area contributed by atoms with Crippen molar-refractivity contribution in [1.29, 1.82) is 0 Å². The van der Waals surface area contributed by atoms with Gasteiger partial charge in [0, 0.05) is 0 Å². The SMILES string of the molecule is CC(C)[C@@H](C)OCC1CC2CCC1C2. The van der Waals surface area contributed by atoms with Crippen molar-refractivity contribution in [2.24, 2.45) is 23.7 Å². The molecule has 2 fully saturated rings. The van der Waals surface area contributed by atoms with Gasteiger partial charge in [0.1, 0.15) is 0 Å². The Hall–Kier alpha value is -0.0400. The Morgan fingerprint density at radius 2 is 1.93 bits per heavy atom. The molecule has 0 N–H and O–H groups in total. The Morgan fingerprint density at radius 1 is 1.14 bits per heavy atom. The maximum Gasteiger partial charge on any atom is 0.0570 e. The van der Waals surface area contributed by atoms with Gasteiger partial charge in [-0.1, -0.05) is 20.3 Å². The lowest BCUT2D eigenvalue weighted by Gasteiger charge is -2.24. The van der Waals surface area contributed by atoms with Crippen molar-refractivity contribution in [2.45, 2.75) is 52.6 Å². The maximum absolute atomic E-state index is 5.94. The summed E-state index contributed by atoms with van der Waals surface area (Å²) in [7, 11) is 0. The molecule has 0 aromatic heterocycles. The van der Waals surface area contributed by atoms with Crippen LogP contribution in [0.4, 0.5) is 0 Å². The Kier molecular flexibility index (Phi) is 3.16. The van der Waals surface area contributed by atoms with E-state index in [1.807, 2.05) is 0 Å². The third-order valence-electron chi connectivity index (χ3n) is 4.40. The van der Waals surface area contributed by atoms with Crippen molar-refractivity contribution in [2.75, 3.05) is 6.61 Å². The van der Waals surface area contributed by atoms with E-state index >= 15 is 0 Å². The minimum absolute atomic E-state index is 0.439. The molecule has 2 aliphatic rings. The van der Waals surface area contributed by atoms with E-state index in [1.165, 1.54) is 25.7 Å². The molecule has 0 aliphatic heterocycles. The quantitative estimate of drug-likeness (QED) is 0.669. The smallest absolute Gasteiger partial charge is 0.0570 e. The molecule has 2 bridgehead atoms. The van der Waals surface area contributed by atoms with Gasteiger partial charge in [0.05, 0.1) is 12.7 Å². The van der Waals surface area contributed by atoms with Crippen LogP contribution in [-0.2, 0) is 4.74 Å².